The van der Waals surface area contributed by atoms with Crippen LogP contribution in [0.3, 0.4) is 0 Å². The van der Waals surface area contributed by atoms with Gasteiger partial charge in [-0.1, -0.05) is 18.2 Å². The second-order valence-electron chi connectivity index (χ2n) is 5.87. The number of nitrogens with zero attached hydrogens (tertiary/aromatic N) is 2. The van der Waals surface area contributed by atoms with Gasteiger partial charge in [0.1, 0.15) is 17.6 Å². The lowest BCUT2D eigenvalue weighted by Crippen LogP contribution is -2.15. The maximum Gasteiger partial charge on any atom is 0.418 e. The number of esters is 1. The highest BCUT2D eigenvalue weighted by molar-refractivity contribution is 5.96. The number of nitrogen functional groups attached to an aromatic ring is 1. The van der Waals surface area contributed by atoms with Gasteiger partial charge in [-0.25, -0.2) is 4.79 Å². The van der Waals surface area contributed by atoms with E-state index in [0.29, 0.717) is 5.75 Å². The minimum atomic E-state index is -4.77. The largest absolute Gasteiger partial charge is 0.464 e. The molecule has 0 atom stereocenters. The van der Waals surface area contributed by atoms with E-state index in [2.05, 4.69) is 4.74 Å². The fourth-order valence-corrected chi connectivity index (χ4v) is 2.74. The number of carbonyl (C=O) groups excluding carboxylic acids is 1. The molecule has 3 rings (SSSR count). The van der Waals surface area contributed by atoms with Gasteiger partial charge < -0.3 is 19.8 Å². The van der Waals surface area contributed by atoms with Gasteiger partial charge in [0.05, 0.1) is 29.6 Å². The normalized spacial score (nSPS) is 11.0. The van der Waals surface area contributed by atoms with Crippen LogP contribution in [0.4, 0.5) is 18.9 Å². The third kappa shape index (κ3) is 3.87. The van der Waals surface area contributed by atoms with Gasteiger partial charge in [0.25, 0.3) is 0 Å². The molecule has 0 fully saturated rings. The summed E-state index contributed by atoms with van der Waals surface area (Å²) in [4.78, 5) is 12.1. The molecule has 0 saturated carbocycles. The third-order valence-electron chi connectivity index (χ3n) is 4.06. The van der Waals surface area contributed by atoms with Crippen molar-refractivity contribution in [3.05, 3.63) is 71.5 Å². The number of benzene rings is 2. The van der Waals surface area contributed by atoms with Crippen molar-refractivity contribution in [2.24, 2.45) is 0 Å². The van der Waals surface area contributed by atoms with Gasteiger partial charge in [-0.15, -0.1) is 0 Å². The summed E-state index contributed by atoms with van der Waals surface area (Å²) in [5.74, 6) is -0.658. The quantitative estimate of drug-likeness (QED) is 0.649. The number of hydrogen-bond donors (Lipinski definition) is 1. The van der Waals surface area contributed by atoms with Gasteiger partial charge in [-0.05, 0) is 30.3 Å². The lowest BCUT2D eigenvalue weighted by Gasteiger charge is -2.17. The maximum absolute atomic E-state index is 13.8. The van der Waals surface area contributed by atoms with Crippen LogP contribution in [0.1, 0.15) is 21.6 Å². The number of halogens is 3. The standard InChI is InChI=1S/C20H14F3N3O3/c1-28-19(27)18-17(25)12(10-24)11-26(18)16-8-7-14(9-15(16)20(21,22)23)29-13-5-3-2-4-6-13/h2-9,11H,25H2,1H3. The Kier molecular flexibility index (Phi) is 5.19. The zero-order valence-corrected chi connectivity index (χ0v) is 15.0. The molecule has 0 radical (unpaired) electrons. The molecule has 0 aliphatic carbocycles. The van der Waals surface area contributed by atoms with Crippen LogP contribution in [-0.2, 0) is 10.9 Å². The van der Waals surface area contributed by atoms with E-state index >= 15 is 0 Å². The number of anilines is 1. The molecular formula is C20H14F3N3O3. The highest BCUT2D eigenvalue weighted by Gasteiger charge is 2.36. The molecule has 2 aromatic carbocycles. The topological polar surface area (TPSA) is 90.3 Å². The molecular weight excluding hydrogens is 387 g/mol. The number of alkyl halides is 3. The van der Waals surface area contributed by atoms with Crippen LogP contribution in [0, 0.1) is 11.3 Å². The highest BCUT2D eigenvalue weighted by Crippen LogP contribution is 2.39. The first-order valence-corrected chi connectivity index (χ1v) is 8.20. The van der Waals surface area contributed by atoms with E-state index in [1.807, 2.05) is 0 Å². The van der Waals surface area contributed by atoms with Crippen molar-refractivity contribution in [2.75, 3.05) is 12.8 Å². The van der Waals surface area contributed by atoms with Crippen LogP contribution in [0.15, 0.2) is 54.7 Å². The van der Waals surface area contributed by atoms with Crippen LogP contribution in [0.25, 0.3) is 5.69 Å². The van der Waals surface area contributed by atoms with Crippen LogP contribution < -0.4 is 10.5 Å². The van der Waals surface area contributed by atoms with Crippen molar-refractivity contribution >= 4 is 11.7 Å². The summed E-state index contributed by atoms with van der Waals surface area (Å²) >= 11 is 0. The van der Waals surface area contributed by atoms with E-state index in [4.69, 9.17) is 15.7 Å². The van der Waals surface area contributed by atoms with Crippen molar-refractivity contribution < 1.29 is 27.4 Å². The lowest BCUT2D eigenvalue weighted by molar-refractivity contribution is -0.137. The van der Waals surface area contributed by atoms with Crippen LogP contribution in [0.5, 0.6) is 11.5 Å². The molecule has 0 spiro atoms. The molecule has 1 aromatic heterocycles. The number of methoxy groups -OCH3 is 1. The summed E-state index contributed by atoms with van der Waals surface area (Å²) in [5, 5.41) is 9.16. The fourth-order valence-electron chi connectivity index (χ4n) is 2.74. The van der Waals surface area contributed by atoms with Crippen LogP contribution in [0.2, 0.25) is 0 Å². The van der Waals surface area contributed by atoms with Gasteiger partial charge >= 0.3 is 12.1 Å². The first-order valence-electron chi connectivity index (χ1n) is 8.20. The highest BCUT2D eigenvalue weighted by atomic mass is 19.4. The number of ether oxygens (including phenoxy) is 2. The zero-order valence-electron chi connectivity index (χ0n) is 15.0. The van der Waals surface area contributed by atoms with E-state index in [-0.39, 0.29) is 22.7 Å². The Morgan fingerprint density at radius 2 is 1.83 bits per heavy atom. The lowest BCUT2D eigenvalue weighted by atomic mass is 10.1. The average Bonchev–Trinajstić information content (AvgIpc) is 3.03. The predicted molar refractivity (Wildman–Crippen MR) is 97.8 cm³/mol. The number of rotatable bonds is 4. The van der Waals surface area contributed by atoms with E-state index in [1.54, 1.807) is 36.4 Å². The number of para-hydroxylation sites is 1. The smallest absolute Gasteiger partial charge is 0.418 e. The van der Waals surface area contributed by atoms with Crippen molar-refractivity contribution in [2.45, 2.75) is 6.18 Å². The van der Waals surface area contributed by atoms with E-state index in [9.17, 15) is 18.0 Å². The molecule has 0 amide bonds. The predicted octanol–water partition coefficient (Wildman–Crippen LogP) is 4.53. The molecule has 148 valence electrons. The van der Waals surface area contributed by atoms with Crippen molar-refractivity contribution in [3.8, 4) is 23.3 Å². The first kappa shape index (κ1) is 19.8. The van der Waals surface area contributed by atoms with Crippen LogP contribution in [-0.4, -0.2) is 17.6 Å². The molecule has 0 saturated heterocycles. The summed E-state index contributed by atoms with van der Waals surface area (Å²) in [7, 11) is 1.06. The minimum absolute atomic E-state index is 0.0486. The Bertz CT molecular complexity index is 1100. The number of nitriles is 1. The molecule has 3 aromatic rings. The molecule has 29 heavy (non-hydrogen) atoms. The van der Waals surface area contributed by atoms with Crippen molar-refractivity contribution in [1.82, 2.24) is 4.57 Å². The Morgan fingerprint density at radius 3 is 2.41 bits per heavy atom. The third-order valence-corrected chi connectivity index (χ3v) is 4.06. The summed E-state index contributed by atoms with van der Waals surface area (Å²) in [6.45, 7) is 0. The van der Waals surface area contributed by atoms with E-state index in [0.717, 1.165) is 30.0 Å². The molecule has 0 aliphatic heterocycles. The molecule has 1 heterocycles. The van der Waals surface area contributed by atoms with Gasteiger partial charge in [0, 0.05) is 6.20 Å². The second kappa shape index (κ2) is 7.59. The molecule has 2 N–H and O–H groups in total. The Balaban J connectivity index is 2.18. The molecule has 9 heteroatoms. The summed E-state index contributed by atoms with van der Waals surface area (Å²) in [6.07, 6.45) is -3.71. The zero-order chi connectivity index (χ0) is 21.2. The van der Waals surface area contributed by atoms with E-state index in [1.165, 1.54) is 6.07 Å². The van der Waals surface area contributed by atoms with Gasteiger partial charge in [-0.3, -0.25) is 0 Å². The number of carbonyl (C=O) groups is 1. The molecule has 0 unspecified atom stereocenters. The maximum atomic E-state index is 13.8. The fraction of sp³-hybridized carbons (Fsp3) is 0.100. The summed E-state index contributed by atoms with van der Waals surface area (Å²) in [6, 6.07) is 13.3. The molecule has 0 bridgehead atoms. The first-order chi connectivity index (χ1) is 13.8. The number of nitrogens with two attached hydrogens (primary N) is 1. The van der Waals surface area contributed by atoms with Crippen LogP contribution >= 0.6 is 0 Å². The number of aromatic nitrogens is 1. The SMILES string of the molecule is COC(=O)c1c(N)c(C#N)cn1-c1ccc(Oc2ccccc2)cc1C(F)(F)F. The Morgan fingerprint density at radius 1 is 1.14 bits per heavy atom. The Labute approximate surface area is 163 Å². The molecule has 0 aliphatic rings. The Hall–Kier alpha value is -3.93. The van der Waals surface area contributed by atoms with Gasteiger partial charge in [0.2, 0.25) is 0 Å². The monoisotopic (exact) mass is 401 g/mol. The average molecular weight is 401 g/mol. The second-order valence-corrected chi connectivity index (χ2v) is 5.87. The van der Waals surface area contributed by atoms with E-state index < -0.39 is 23.4 Å². The van der Waals surface area contributed by atoms with Gasteiger partial charge in [-0.2, -0.15) is 18.4 Å². The van der Waals surface area contributed by atoms with Crippen molar-refractivity contribution in [1.29, 1.82) is 5.26 Å². The van der Waals surface area contributed by atoms with Gasteiger partial charge in [0.15, 0.2) is 5.69 Å². The molecule has 6 nitrogen and oxygen atoms in total. The number of hydrogen-bond acceptors (Lipinski definition) is 5. The van der Waals surface area contributed by atoms with Crippen molar-refractivity contribution in [3.63, 3.8) is 0 Å². The summed E-state index contributed by atoms with van der Waals surface area (Å²) < 4.78 is 52.3. The minimum Gasteiger partial charge on any atom is -0.464 e. The summed E-state index contributed by atoms with van der Waals surface area (Å²) in [5.41, 5.74) is 3.51.